The number of nitrogens with one attached hydrogen (secondary N) is 2. The number of carbonyl (C=O) groups is 1. The van der Waals surface area contributed by atoms with Crippen LogP contribution in [0.1, 0.15) is 12.5 Å². The molecule has 0 saturated heterocycles. The quantitative estimate of drug-likeness (QED) is 0.910. The van der Waals surface area contributed by atoms with Gasteiger partial charge in [-0.25, -0.2) is 4.79 Å². The van der Waals surface area contributed by atoms with Crippen molar-refractivity contribution in [3.05, 3.63) is 42.2 Å². The van der Waals surface area contributed by atoms with Gasteiger partial charge in [-0.2, -0.15) is 5.10 Å². The molecule has 1 atom stereocenters. The third-order valence-corrected chi connectivity index (χ3v) is 3.72. The van der Waals surface area contributed by atoms with Crippen molar-refractivity contribution in [2.75, 3.05) is 18.5 Å². The van der Waals surface area contributed by atoms with E-state index >= 15 is 0 Å². The van der Waals surface area contributed by atoms with Crippen molar-refractivity contribution < 1.29 is 9.53 Å². The van der Waals surface area contributed by atoms with Crippen LogP contribution in [-0.2, 0) is 13.0 Å². The van der Waals surface area contributed by atoms with Gasteiger partial charge < -0.3 is 15.4 Å². The van der Waals surface area contributed by atoms with E-state index in [0.717, 1.165) is 18.7 Å². The van der Waals surface area contributed by atoms with Crippen LogP contribution >= 0.6 is 0 Å². The van der Waals surface area contributed by atoms with Gasteiger partial charge >= 0.3 is 6.03 Å². The Labute approximate surface area is 129 Å². The first kappa shape index (κ1) is 14.4. The van der Waals surface area contributed by atoms with Gasteiger partial charge in [-0.05, 0) is 25.0 Å². The monoisotopic (exact) mass is 300 g/mol. The molecule has 6 heteroatoms. The van der Waals surface area contributed by atoms with Crippen LogP contribution in [0.5, 0.6) is 5.75 Å². The Balaban J connectivity index is 1.47. The Morgan fingerprint density at radius 2 is 2.32 bits per heavy atom. The van der Waals surface area contributed by atoms with Crippen LogP contribution in [0.3, 0.4) is 0 Å². The first-order valence-electron chi connectivity index (χ1n) is 7.52. The molecule has 1 aliphatic heterocycles. The number of anilines is 1. The minimum atomic E-state index is -0.213. The van der Waals surface area contributed by atoms with E-state index in [4.69, 9.17) is 4.74 Å². The van der Waals surface area contributed by atoms with E-state index in [2.05, 4.69) is 21.8 Å². The second-order valence-electron chi connectivity index (χ2n) is 5.41. The Hall–Kier alpha value is -2.50. The standard InChI is InChI=1S/C16H20N4O2/c1-2-20-10-14(9-18-20)19-16(21)17-8-12-7-13-5-3-4-6-15(13)22-11-12/h3-6,9-10,12H,2,7-8,11H2,1H3,(H2,17,19,21). The summed E-state index contributed by atoms with van der Waals surface area (Å²) in [5.74, 6) is 1.24. The molecule has 0 saturated carbocycles. The van der Waals surface area contributed by atoms with E-state index in [9.17, 15) is 4.79 Å². The van der Waals surface area contributed by atoms with Crippen molar-refractivity contribution in [2.45, 2.75) is 19.9 Å². The fraction of sp³-hybridized carbons (Fsp3) is 0.375. The molecule has 2 heterocycles. The molecule has 0 radical (unpaired) electrons. The van der Waals surface area contributed by atoms with E-state index in [1.54, 1.807) is 17.1 Å². The summed E-state index contributed by atoms with van der Waals surface area (Å²) in [6, 6.07) is 7.82. The first-order valence-corrected chi connectivity index (χ1v) is 7.52. The van der Waals surface area contributed by atoms with Gasteiger partial charge in [0.05, 0.1) is 18.5 Å². The highest BCUT2D eigenvalue weighted by Crippen LogP contribution is 2.26. The van der Waals surface area contributed by atoms with Gasteiger partial charge in [0.2, 0.25) is 0 Å². The second-order valence-corrected chi connectivity index (χ2v) is 5.41. The zero-order valence-corrected chi connectivity index (χ0v) is 12.6. The summed E-state index contributed by atoms with van der Waals surface area (Å²) in [6.07, 6.45) is 4.37. The van der Waals surface area contributed by atoms with Crippen LogP contribution in [0, 0.1) is 5.92 Å². The lowest BCUT2D eigenvalue weighted by Gasteiger charge is -2.25. The molecule has 2 aromatic rings. The number of ether oxygens (including phenoxy) is 1. The first-order chi connectivity index (χ1) is 10.7. The average molecular weight is 300 g/mol. The summed E-state index contributed by atoms with van der Waals surface area (Å²) in [6.45, 7) is 3.99. The molecular weight excluding hydrogens is 280 g/mol. The minimum absolute atomic E-state index is 0.213. The van der Waals surface area contributed by atoms with E-state index in [0.29, 0.717) is 24.8 Å². The number of benzene rings is 1. The highest BCUT2D eigenvalue weighted by atomic mass is 16.5. The number of aryl methyl sites for hydroxylation is 1. The molecule has 0 fully saturated rings. The van der Waals surface area contributed by atoms with Crippen LogP contribution in [0.4, 0.5) is 10.5 Å². The maximum atomic E-state index is 11.9. The number of hydrogen-bond donors (Lipinski definition) is 2. The maximum Gasteiger partial charge on any atom is 0.319 e. The van der Waals surface area contributed by atoms with Crippen molar-refractivity contribution in [1.82, 2.24) is 15.1 Å². The van der Waals surface area contributed by atoms with Crippen molar-refractivity contribution >= 4 is 11.7 Å². The van der Waals surface area contributed by atoms with Gasteiger partial charge in [-0.1, -0.05) is 18.2 Å². The van der Waals surface area contributed by atoms with Crippen LogP contribution < -0.4 is 15.4 Å². The van der Waals surface area contributed by atoms with Crippen LogP contribution in [0.2, 0.25) is 0 Å². The highest BCUT2D eigenvalue weighted by Gasteiger charge is 2.19. The van der Waals surface area contributed by atoms with Crippen molar-refractivity contribution in [3.8, 4) is 5.75 Å². The smallest absolute Gasteiger partial charge is 0.319 e. The van der Waals surface area contributed by atoms with Crippen LogP contribution in [0.15, 0.2) is 36.7 Å². The number of hydrogen-bond acceptors (Lipinski definition) is 3. The summed E-state index contributed by atoms with van der Waals surface area (Å²) in [7, 11) is 0. The molecule has 1 aliphatic rings. The van der Waals surface area contributed by atoms with E-state index < -0.39 is 0 Å². The molecule has 0 spiro atoms. The van der Waals surface area contributed by atoms with Crippen molar-refractivity contribution in [2.24, 2.45) is 5.92 Å². The van der Waals surface area contributed by atoms with Crippen LogP contribution in [-0.4, -0.2) is 29.0 Å². The normalized spacial score (nSPS) is 16.5. The molecule has 1 unspecified atom stereocenters. The Kier molecular flexibility index (Phi) is 4.27. The predicted molar refractivity (Wildman–Crippen MR) is 84.1 cm³/mol. The van der Waals surface area contributed by atoms with Gasteiger partial charge in [0.15, 0.2) is 0 Å². The molecule has 0 bridgehead atoms. The number of urea groups is 1. The summed E-state index contributed by atoms with van der Waals surface area (Å²) >= 11 is 0. The number of fused-ring (bicyclic) bond motifs is 1. The van der Waals surface area contributed by atoms with Gasteiger partial charge in [-0.3, -0.25) is 4.68 Å². The molecule has 6 nitrogen and oxygen atoms in total. The zero-order chi connectivity index (χ0) is 15.4. The number of para-hydroxylation sites is 1. The molecule has 1 aromatic carbocycles. The third-order valence-electron chi connectivity index (χ3n) is 3.72. The van der Waals surface area contributed by atoms with E-state index in [1.165, 1.54) is 5.56 Å². The lowest BCUT2D eigenvalue weighted by atomic mass is 9.97. The van der Waals surface area contributed by atoms with Gasteiger partial charge in [-0.15, -0.1) is 0 Å². The Morgan fingerprint density at radius 3 is 3.14 bits per heavy atom. The fourth-order valence-corrected chi connectivity index (χ4v) is 2.54. The molecular formula is C16H20N4O2. The predicted octanol–water partition coefficient (Wildman–Crippen LogP) is 2.28. The number of rotatable bonds is 4. The maximum absolute atomic E-state index is 11.9. The van der Waals surface area contributed by atoms with Gasteiger partial charge in [0.25, 0.3) is 0 Å². The zero-order valence-electron chi connectivity index (χ0n) is 12.6. The molecule has 2 N–H and O–H groups in total. The van der Waals surface area contributed by atoms with Gasteiger partial charge in [0, 0.05) is 25.2 Å². The average Bonchev–Trinajstić information content (AvgIpc) is 3.00. The third kappa shape index (κ3) is 3.39. The van der Waals surface area contributed by atoms with E-state index in [1.807, 2.05) is 25.1 Å². The fourth-order valence-electron chi connectivity index (χ4n) is 2.54. The topological polar surface area (TPSA) is 68.2 Å². The Bertz CT molecular complexity index is 653. The largest absolute Gasteiger partial charge is 0.493 e. The number of nitrogens with zero attached hydrogens (tertiary/aromatic N) is 2. The molecule has 116 valence electrons. The Morgan fingerprint density at radius 1 is 1.45 bits per heavy atom. The van der Waals surface area contributed by atoms with Gasteiger partial charge in [0.1, 0.15) is 5.75 Å². The number of aromatic nitrogens is 2. The number of amides is 2. The minimum Gasteiger partial charge on any atom is -0.493 e. The highest BCUT2D eigenvalue weighted by molar-refractivity contribution is 5.88. The van der Waals surface area contributed by atoms with Crippen molar-refractivity contribution in [1.29, 1.82) is 0 Å². The molecule has 22 heavy (non-hydrogen) atoms. The molecule has 0 aliphatic carbocycles. The lowest BCUT2D eigenvalue weighted by Crippen LogP contribution is -2.37. The molecule has 1 aromatic heterocycles. The summed E-state index contributed by atoms with van der Waals surface area (Å²) in [4.78, 5) is 11.9. The van der Waals surface area contributed by atoms with E-state index in [-0.39, 0.29) is 6.03 Å². The van der Waals surface area contributed by atoms with Crippen molar-refractivity contribution in [3.63, 3.8) is 0 Å². The van der Waals surface area contributed by atoms with Crippen LogP contribution in [0.25, 0.3) is 0 Å². The lowest BCUT2D eigenvalue weighted by molar-refractivity contribution is 0.215. The number of carbonyl (C=O) groups excluding carboxylic acids is 1. The summed E-state index contributed by atoms with van der Waals surface area (Å²) < 4.78 is 7.48. The molecule has 2 amide bonds. The SMILES string of the molecule is CCn1cc(NC(=O)NCC2COc3ccccc3C2)cn1. The molecule has 3 rings (SSSR count). The summed E-state index contributed by atoms with van der Waals surface area (Å²) in [5, 5.41) is 9.79. The second kappa shape index (κ2) is 6.51. The summed E-state index contributed by atoms with van der Waals surface area (Å²) in [5.41, 5.74) is 1.90.